The molecule has 0 saturated heterocycles. The van der Waals surface area contributed by atoms with Crippen LogP contribution in [0.15, 0.2) is 23.2 Å². The summed E-state index contributed by atoms with van der Waals surface area (Å²) in [6, 6.07) is 6.11. The van der Waals surface area contributed by atoms with E-state index in [1.807, 2.05) is 16.7 Å². The fourth-order valence-corrected chi connectivity index (χ4v) is 3.26. The molecule has 1 aliphatic carbocycles. The smallest absolute Gasteiger partial charge is 0.251 e. The maximum absolute atomic E-state index is 11.9. The molecule has 1 heterocycles. The Kier molecular flexibility index (Phi) is 3.00. The standard InChI is InChI=1S/C15H14N2OS/c1-3-9-17-13-10(2)5-4-6-12(13)19-15(17)16-14(18)11-7-8-11/h1,4-6,11H,7-9H2,2H3. The lowest BCUT2D eigenvalue weighted by Gasteiger charge is -2.02. The largest absolute Gasteiger partial charge is 0.304 e. The molecule has 96 valence electrons. The van der Waals surface area contributed by atoms with Gasteiger partial charge in [0.2, 0.25) is 0 Å². The van der Waals surface area contributed by atoms with Crippen molar-refractivity contribution in [2.45, 2.75) is 26.3 Å². The topological polar surface area (TPSA) is 34.4 Å². The average Bonchev–Trinajstić information content (AvgIpc) is 3.16. The van der Waals surface area contributed by atoms with Crippen molar-refractivity contribution in [3.05, 3.63) is 28.6 Å². The highest BCUT2D eigenvalue weighted by Gasteiger charge is 2.29. The van der Waals surface area contributed by atoms with E-state index in [0.29, 0.717) is 6.54 Å². The molecule has 1 fully saturated rings. The summed E-state index contributed by atoms with van der Waals surface area (Å²) in [5.41, 5.74) is 2.25. The molecular formula is C15H14N2OS. The minimum absolute atomic E-state index is 0.00465. The molecule has 2 aromatic rings. The highest BCUT2D eigenvalue weighted by Crippen LogP contribution is 2.30. The zero-order valence-electron chi connectivity index (χ0n) is 10.7. The Morgan fingerprint density at radius 2 is 2.37 bits per heavy atom. The Hall–Kier alpha value is -1.86. The van der Waals surface area contributed by atoms with E-state index in [1.54, 1.807) is 0 Å². The van der Waals surface area contributed by atoms with E-state index < -0.39 is 0 Å². The van der Waals surface area contributed by atoms with Gasteiger partial charge >= 0.3 is 0 Å². The predicted octanol–water partition coefficient (Wildman–Crippen LogP) is 2.48. The van der Waals surface area contributed by atoms with Crippen LogP contribution in [-0.2, 0) is 11.3 Å². The normalized spacial score (nSPS) is 15.7. The van der Waals surface area contributed by atoms with Crippen molar-refractivity contribution >= 4 is 27.5 Å². The molecule has 1 aromatic heterocycles. The molecule has 0 radical (unpaired) electrons. The molecular weight excluding hydrogens is 256 g/mol. The first-order valence-corrected chi connectivity index (χ1v) is 7.13. The molecule has 1 saturated carbocycles. The molecule has 1 aliphatic rings. The van der Waals surface area contributed by atoms with Crippen LogP contribution in [0.2, 0.25) is 0 Å². The van der Waals surface area contributed by atoms with Crippen molar-refractivity contribution in [2.24, 2.45) is 10.9 Å². The van der Waals surface area contributed by atoms with E-state index in [1.165, 1.54) is 11.3 Å². The van der Waals surface area contributed by atoms with Crippen molar-refractivity contribution in [3.8, 4) is 12.3 Å². The lowest BCUT2D eigenvalue weighted by atomic mass is 10.2. The lowest BCUT2D eigenvalue weighted by Crippen LogP contribution is -2.17. The van der Waals surface area contributed by atoms with Gasteiger partial charge in [0.25, 0.3) is 5.91 Å². The van der Waals surface area contributed by atoms with E-state index in [9.17, 15) is 4.79 Å². The van der Waals surface area contributed by atoms with Gasteiger partial charge in [-0.1, -0.05) is 29.4 Å². The molecule has 0 aliphatic heterocycles. The lowest BCUT2D eigenvalue weighted by molar-refractivity contribution is -0.119. The number of hydrogen-bond donors (Lipinski definition) is 0. The molecule has 0 N–H and O–H groups in total. The van der Waals surface area contributed by atoms with Crippen molar-refractivity contribution in [1.29, 1.82) is 0 Å². The van der Waals surface area contributed by atoms with Gasteiger partial charge in [-0.25, -0.2) is 0 Å². The maximum Gasteiger partial charge on any atom is 0.251 e. The first-order valence-electron chi connectivity index (χ1n) is 6.31. The number of rotatable bonds is 2. The number of terminal acetylenes is 1. The average molecular weight is 270 g/mol. The molecule has 4 heteroatoms. The summed E-state index contributed by atoms with van der Waals surface area (Å²) in [5, 5.41) is 0. The summed E-state index contributed by atoms with van der Waals surface area (Å²) in [4.78, 5) is 16.9. The molecule has 0 unspecified atom stereocenters. The van der Waals surface area contributed by atoms with Crippen molar-refractivity contribution in [2.75, 3.05) is 0 Å². The zero-order chi connectivity index (χ0) is 13.4. The maximum atomic E-state index is 11.9. The Bertz CT molecular complexity index is 757. The summed E-state index contributed by atoms with van der Waals surface area (Å²) >= 11 is 1.53. The van der Waals surface area contributed by atoms with E-state index in [2.05, 4.69) is 23.9 Å². The molecule has 0 atom stereocenters. The number of para-hydroxylation sites is 1. The third-order valence-corrected chi connectivity index (χ3v) is 4.33. The van der Waals surface area contributed by atoms with Crippen molar-refractivity contribution in [1.82, 2.24) is 4.57 Å². The van der Waals surface area contributed by atoms with Gasteiger partial charge in [-0.2, -0.15) is 4.99 Å². The molecule has 3 nitrogen and oxygen atoms in total. The Morgan fingerprint density at radius 3 is 3.05 bits per heavy atom. The van der Waals surface area contributed by atoms with Crippen LogP contribution in [0, 0.1) is 25.2 Å². The molecule has 0 spiro atoms. The number of aryl methyl sites for hydroxylation is 1. The number of benzene rings is 1. The van der Waals surface area contributed by atoms with E-state index in [4.69, 9.17) is 6.42 Å². The minimum atomic E-state index is -0.00465. The third-order valence-electron chi connectivity index (χ3n) is 3.28. The summed E-state index contributed by atoms with van der Waals surface area (Å²) in [7, 11) is 0. The van der Waals surface area contributed by atoms with Crippen molar-refractivity contribution in [3.63, 3.8) is 0 Å². The van der Waals surface area contributed by atoms with Crippen LogP contribution in [0.3, 0.4) is 0 Å². The fraction of sp³-hybridized carbons (Fsp3) is 0.333. The number of nitrogens with zero attached hydrogens (tertiary/aromatic N) is 2. The number of carbonyl (C=O) groups is 1. The molecule has 3 rings (SSSR count). The predicted molar refractivity (Wildman–Crippen MR) is 76.7 cm³/mol. The van der Waals surface area contributed by atoms with Gasteiger partial charge in [-0.15, -0.1) is 6.42 Å². The van der Waals surface area contributed by atoms with Gasteiger partial charge in [0.1, 0.15) is 0 Å². The van der Waals surface area contributed by atoms with Crippen LogP contribution in [0.5, 0.6) is 0 Å². The zero-order valence-corrected chi connectivity index (χ0v) is 11.5. The third kappa shape index (κ3) is 2.22. The summed E-state index contributed by atoms with van der Waals surface area (Å²) in [6.07, 6.45) is 7.39. The minimum Gasteiger partial charge on any atom is -0.304 e. The summed E-state index contributed by atoms with van der Waals surface area (Å²) in [5.74, 6) is 2.79. The number of hydrogen-bond acceptors (Lipinski definition) is 2. The van der Waals surface area contributed by atoms with Gasteiger partial charge in [0.05, 0.1) is 16.8 Å². The Morgan fingerprint density at radius 1 is 1.58 bits per heavy atom. The fourth-order valence-electron chi connectivity index (χ4n) is 2.15. The number of amides is 1. The van der Waals surface area contributed by atoms with Crippen LogP contribution >= 0.6 is 11.3 Å². The van der Waals surface area contributed by atoms with Crippen LogP contribution in [-0.4, -0.2) is 10.5 Å². The van der Waals surface area contributed by atoms with Gasteiger partial charge in [0.15, 0.2) is 4.80 Å². The molecule has 1 amide bonds. The van der Waals surface area contributed by atoms with Gasteiger partial charge in [-0.3, -0.25) is 4.79 Å². The van der Waals surface area contributed by atoms with Crippen LogP contribution in [0.4, 0.5) is 0 Å². The second-order valence-corrected chi connectivity index (χ2v) is 5.83. The first-order chi connectivity index (χ1) is 9.20. The summed E-state index contributed by atoms with van der Waals surface area (Å²) in [6.45, 7) is 2.50. The first kappa shape index (κ1) is 12.2. The van der Waals surface area contributed by atoms with Gasteiger partial charge in [0, 0.05) is 5.92 Å². The number of fused-ring (bicyclic) bond motifs is 1. The molecule has 0 bridgehead atoms. The number of carbonyl (C=O) groups excluding carboxylic acids is 1. The highest BCUT2D eigenvalue weighted by atomic mass is 32.1. The quantitative estimate of drug-likeness (QED) is 0.772. The van der Waals surface area contributed by atoms with Gasteiger partial charge in [-0.05, 0) is 31.4 Å². The second-order valence-electron chi connectivity index (χ2n) is 4.82. The monoisotopic (exact) mass is 270 g/mol. The van der Waals surface area contributed by atoms with E-state index >= 15 is 0 Å². The SMILES string of the molecule is C#CCn1c(=NC(=O)C2CC2)sc2cccc(C)c21. The number of aromatic nitrogens is 1. The van der Waals surface area contributed by atoms with Crippen molar-refractivity contribution < 1.29 is 4.79 Å². The van der Waals surface area contributed by atoms with Crippen LogP contribution in [0.1, 0.15) is 18.4 Å². The molecule has 1 aromatic carbocycles. The van der Waals surface area contributed by atoms with E-state index in [-0.39, 0.29) is 11.8 Å². The van der Waals surface area contributed by atoms with E-state index in [0.717, 1.165) is 33.4 Å². The highest BCUT2D eigenvalue weighted by molar-refractivity contribution is 7.16. The second kappa shape index (κ2) is 4.67. The Balaban J connectivity index is 2.23. The molecule has 19 heavy (non-hydrogen) atoms. The Labute approximate surface area is 115 Å². The number of thiazole rings is 1. The van der Waals surface area contributed by atoms with Crippen LogP contribution < -0.4 is 4.80 Å². The van der Waals surface area contributed by atoms with Gasteiger partial charge < -0.3 is 4.57 Å². The summed E-state index contributed by atoms with van der Waals surface area (Å²) < 4.78 is 3.09. The van der Waals surface area contributed by atoms with Crippen LogP contribution in [0.25, 0.3) is 10.2 Å².